The molecule has 176 valence electrons. The van der Waals surface area contributed by atoms with E-state index < -0.39 is 10.0 Å². The summed E-state index contributed by atoms with van der Waals surface area (Å²) in [6.45, 7) is 9.53. The molecule has 33 heavy (non-hydrogen) atoms. The molecular formula is C23H28N4O4S2. The van der Waals surface area contributed by atoms with Gasteiger partial charge < -0.3 is 14.2 Å². The lowest BCUT2D eigenvalue weighted by molar-refractivity contribution is 0.0305. The number of morpholine rings is 1. The molecule has 0 aliphatic carbocycles. The molecule has 4 rings (SSSR count). The second-order valence-electron chi connectivity index (χ2n) is 8.30. The molecule has 3 aromatic rings. The summed E-state index contributed by atoms with van der Waals surface area (Å²) in [5, 5.41) is 0.614. The van der Waals surface area contributed by atoms with Crippen LogP contribution >= 0.6 is 11.3 Å². The number of amides is 1. The number of benzene rings is 1. The first-order valence-corrected chi connectivity index (χ1v) is 13.0. The lowest BCUT2D eigenvalue weighted by Gasteiger charge is -2.26. The van der Waals surface area contributed by atoms with Crippen LogP contribution in [0.2, 0.25) is 0 Å². The molecule has 1 N–H and O–H groups in total. The van der Waals surface area contributed by atoms with Crippen molar-refractivity contribution in [3.8, 4) is 10.7 Å². The van der Waals surface area contributed by atoms with E-state index in [1.54, 1.807) is 22.5 Å². The molecule has 0 radical (unpaired) electrons. The number of anilines is 1. The van der Waals surface area contributed by atoms with Crippen LogP contribution in [0.3, 0.4) is 0 Å². The van der Waals surface area contributed by atoms with E-state index in [1.807, 2.05) is 46.0 Å². The van der Waals surface area contributed by atoms with Gasteiger partial charge in [0.15, 0.2) is 0 Å². The van der Waals surface area contributed by atoms with Crippen molar-refractivity contribution < 1.29 is 17.9 Å². The topological polar surface area (TPSA) is 93.5 Å². The maximum Gasteiger partial charge on any atom is 0.266 e. The Hall–Kier alpha value is -2.69. The largest absolute Gasteiger partial charge is 0.378 e. The number of thiazole rings is 1. The van der Waals surface area contributed by atoms with Crippen LogP contribution in [0.4, 0.5) is 5.69 Å². The Kier molecular flexibility index (Phi) is 6.35. The van der Waals surface area contributed by atoms with E-state index in [9.17, 15) is 13.2 Å². The van der Waals surface area contributed by atoms with Gasteiger partial charge in [-0.2, -0.15) is 0 Å². The summed E-state index contributed by atoms with van der Waals surface area (Å²) in [4.78, 5) is 20.1. The Morgan fingerprint density at radius 1 is 1.12 bits per heavy atom. The highest BCUT2D eigenvalue weighted by Gasteiger charge is 2.27. The van der Waals surface area contributed by atoms with Gasteiger partial charge in [0.2, 0.25) is 0 Å². The third-order valence-electron chi connectivity index (χ3n) is 5.92. The van der Waals surface area contributed by atoms with Gasteiger partial charge in [0.25, 0.3) is 15.9 Å². The van der Waals surface area contributed by atoms with Crippen LogP contribution in [-0.2, 0) is 21.8 Å². The minimum absolute atomic E-state index is 0.0603. The van der Waals surface area contributed by atoms with E-state index in [0.717, 1.165) is 11.1 Å². The number of carbonyl (C=O) groups is 1. The third kappa shape index (κ3) is 4.55. The number of ether oxygens (including phenoxy) is 1. The fraction of sp³-hybridized carbons (Fsp3) is 0.391. The summed E-state index contributed by atoms with van der Waals surface area (Å²) in [5.74, 6) is -0.0603. The monoisotopic (exact) mass is 488 g/mol. The average Bonchev–Trinajstić information content (AvgIpc) is 3.30. The Morgan fingerprint density at radius 3 is 2.52 bits per heavy atom. The van der Waals surface area contributed by atoms with Gasteiger partial charge >= 0.3 is 0 Å². The summed E-state index contributed by atoms with van der Waals surface area (Å²) in [7, 11) is -2.01. The summed E-state index contributed by atoms with van der Waals surface area (Å²) >= 11 is 1.29. The van der Waals surface area contributed by atoms with Crippen molar-refractivity contribution in [1.29, 1.82) is 0 Å². The molecule has 0 bridgehead atoms. The van der Waals surface area contributed by atoms with Crippen molar-refractivity contribution in [3.05, 3.63) is 51.7 Å². The molecule has 0 atom stereocenters. The first-order valence-electron chi connectivity index (χ1n) is 10.7. The summed E-state index contributed by atoms with van der Waals surface area (Å²) in [6.07, 6.45) is 0. The van der Waals surface area contributed by atoms with E-state index >= 15 is 0 Å². The number of hydrogen-bond acceptors (Lipinski definition) is 6. The molecule has 1 fully saturated rings. The molecule has 1 amide bonds. The van der Waals surface area contributed by atoms with Crippen LogP contribution in [-0.4, -0.2) is 55.1 Å². The maximum absolute atomic E-state index is 13.3. The van der Waals surface area contributed by atoms with Gasteiger partial charge in [0.1, 0.15) is 14.8 Å². The van der Waals surface area contributed by atoms with Crippen LogP contribution in [0.5, 0.6) is 0 Å². The molecule has 0 spiro atoms. The number of nitrogens with one attached hydrogen (secondary N) is 1. The highest BCUT2D eigenvalue weighted by atomic mass is 32.2. The van der Waals surface area contributed by atoms with Crippen molar-refractivity contribution >= 4 is 33.0 Å². The standard InChI is InChI=1S/C23H28N4O4S2/c1-14-6-7-15(2)18(12-14)25-33(29,30)20-13-19(26(5)17(20)4)22-24-16(3)21(32-22)23(28)27-8-10-31-11-9-27/h6-7,12-13,25H,8-11H2,1-5H3. The number of sulfonamides is 1. The van der Waals surface area contributed by atoms with E-state index in [4.69, 9.17) is 4.74 Å². The second kappa shape index (κ2) is 8.92. The first kappa shape index (κ1) is 23.5. The van der Waals surface area contributed by atoms with Crippen molar-refractivity contribution in [3.63, 3.8) is 0 Å². The molecule has 1 aliphatic rings. The van der Waals surface area contributed by atoms with Crippen LogP contribution in [0.15, 0.2) is 29.2 Å². The predicted molar refractivity (Wildman–Crippen MR) is 129 cm³/mol. The minimum Gasteiger partial charge on any atom is -0.378 e. The van der Waals surface area contributed by atoms with Crippen LogP contribution in [0.25, 0.3) is 10.7 Å². The Bertz CT molecular complexity index is 1320. The molecule has 2 aromatic heterocycles. The highest BCUT2D eigenvalue weighted by Crippen LogP contribution is 2.34. The van der Waals surface area contributed by atoms with Gasteiger partial charge in [-0.3, -0.25) is 9.52 Å². The fourth-order valence-electron chi connectivity index (χ4n) is 3.81. The highest BCUT2D eigenvalue weighted by molar-refractivity contribution is 7.92. The number of hydrogen-bond donors (Lipinski definition) is 1. The van der Waals surface area contributed by atoms with E-state index in [1.165, 1.54) is 11.3 Å². The molecule has 8 nitrogen and oxygen atoms in total. The summed E-state index contributed by atoms with van der Waals surface area (Å²) in [6, 6.07) is 7.28. The Morgan fingerprint density at radius 2 is 1.82 bits per heavy atom. The predicted octanol–water partition coefficient (Wildman–Crippen LogP) is 3.66. The Balaban J connectivity index is 1.67. The molecule has 3 heterocycles. The van der Waals surface area contributed by atoms with Crippen LogP contribution < -0.4 is 4.72 Å². The van der Waals surface area contributed by atoms with Crippen molar-refractivity contribution in [2.75, 3.05) is 31.0 Å². The van der Waals surface area contributed by atoms with E-state index in [0.29, 0.717) is 59.0 Å². The molecule has 1 aromatic carbocycles. The molecule has 10 heteroatoms. The molecular weight excluding hydrogens is 460 g/mol. The number of aromatic nitrogens is 2. The van der Waals surface area contributed by atoms with Gasteiger partial charge in [-0.05, 0) is 51.0 Å². The zero-order valence-electron chi connectivity index (χ0n) is 19.4. The molecule has 1 saturated heterocycles. The zero-order chi connectivity index (χ0) is 23.9. The van der Waals surface area contributed by atoms with Gasteiger partial charge in [-0.15, -0.1) is 11.3 Å². The third-order valence-corrected chi connectivity index (χ3v) is 8.57. The average molecular weight is 489 g/mol. The van der Waals surface area contributed by atoms with Crippen LogP contribution in [0.1, 0.15) is 32.2 Å². The lowest BCUT2D eigenvalue weighted by Crippen LogP contribution is -2.40. The van der Waals surface area contributed by atoms with Crippen LogP contribution in [0, 0.1) is 27.7 Å². The first-order chi connectivity index (χ1) is 15.6. The van der Waals surface area contributed by atoms with Gasteiger partial charge in [0.05, 0.1) is 30.3 Å². The summed E-state index contributed by atoms with van der Waals surface area (Å²) in [5.41, 5.74) is 4.27. The minimum atomic E-state index is -3.81. The van der Waals surface area contributed by atoms with E-state index in [-0.39, 0.29) is 10.8 Å². The normalized spacial score (nSPS) is 14.5. The fourth-order valence-corrected chi connectivity index (χ4v) is 6.31. The maximum atomic E-state index is 13.3. The van der Waals surface area contributed by atoms with E-state index in [2.05, 4.69) is 9.71 Å². The number of nitrogens with zero attached hydrogens (tertiary/aromatic N) is 3. The van der Waals surface area contributed by atoms with Gasteiger partial charge in [0, 0.05) is 25.8 Å². The smallest absolute Gasteiger partial charge is 0.266 e. The van der Waals surface area contributed by atoms with Crippen molar-refractivity contribution in [2.24, 2.45) is 7.05 Å². The molecule has 1 aliphatic heterocycles. The quantitative estimate of drug-likeness (QED) is 0.592. The number of rotatable bonds is 5. The molecule has 0 unspecified atom stereocenters. The summed E-state index contributed by atoms with van der Waals surface area (Å²) < 4.78 is 36.4. The van der Waals surface area contributed by atoms with Crippen molar-refractivity contribution in [2.45, 2.75) is 32.6 Å². The second-order valence-corrected chi connectivity index (χ2v) is 11.0. The molecule has 0 saturated carbocycles. The number of aryl methyl sites for hydroxylation is 3. The SMILES string of the molecule is Cc1ccc(C)c(NS(=O)(=O)c2cc(-c3nc(C)c(C(=O)N4CCOCC4)s3)n(C)c2C)c1. The zero-order valence-corrected chi connectivity index (χ0v) is 21.1. The lowest BCUT2D eigenvalue weighted by atomic mass is 10.1. The number of carbonyl (C=O) groups excluding carboxylic acids is 1. The Labute approximate surface area is 198 Å². The van der Waals surface area contributed by atoms with Gasteiger partial charge in [-0.1, -0.05) is 12.1 Å². The van der Waals surface area contributed by atoms with Crippen molar-refractivity contribution in [1.82, 2.24) is 14.5 Å². The van der Waals surface area contributed by atoms with Gasteiger partial charge in [-0.25, -0.2) is 13.4 Å².